The summed E-state index contributed by atoms with van der Waals surface area (Å²) in [5.41, 5.74) is 2.56. The molecule has 0 nitrogen and oxygen atoms in total. The Balaban J connectivity index is 2.42. The number of hydrogen-bond acceptors (Lipinski definition) is 0. The average Bonchev–Trinajstić information content (AvgIpc) is 2.20. The quantitative estimate of drug-likeness (QED) is 0.702. The van der Waals surface area contributed by atoms with E-state index in [9.17, 15) is 0 Å². The molecule has 0 aliphatic rings. The Kier molecular flexibility index (Phi) is 2.78. The monoisotopic (exact) mass is 278 g/mol. The van der Waals surface area contributed by atoms with Gasteiger partial charge in [-0.1, -0.05) is 0 Å². The van der Waals surface area contributed by atoms with Crippen molar-refractivity contribution in [1.29, 1.82) is 0 Å². The molecule has 0 saturated carbocycles. The fraction of sp³-hybridized carbons (Fsp3) is 0. The summed E-state index contributed by atoms with van der Waals surface area (Å²) in [6.45, 7) is 2.13. The van der Waals surface area contributed by atoms with Crippen LogP contribution < -0.4 is 0 Å². The van der Waals surface area contributed by atoms with E-state index in [1.54, 1.807) is 0 Å². The summed E-state index contributed by atoms with van der Waals surface area (Å²) in [6, 6.07) is 14.8. The van der Waals surface area contributed by atoms with Gasteiger partial charge in [0.2, 0.25) is 0 Å². The van der Waals surface area contributed by atoms with Crippen molar-refractivity contribution in [2.24, 2.45) is 0 Å². The molecule has 2 aromatic rings. The van der Waals surface area contributed by atoms with E-state index in [0.29, 0.717) is 0 Å². The van der Waals surface area contributed by atoms with Crippen LogP contribution in [-0.2, 0) is 0 Å². The molecule has 2 rings (SSSR count). The van der Waals surface area contributed by atoms with Gasteiger partial charge in [0, 0.05) is 0 Å². The standard InChI is InChI=1S/C11H8BI/c13-10-6-4-9(5-7-10)11-3-1-2-8-12-11/h1-8H. The summed E-state index contributed by atoms with van der Waals surface area (Å²) in [6.07, 6.45) is 0. The molecule has 0 N–H and O–H groups in total. The molecule has 0 fully saturated rings. The molecule has 0 spiro atoms. The fourth-order valence-electron chi connectivity index (χ4n) is 1.27. The summed E-state index contributed by atoms with van der Waals surface area (Å²) in [5, 5.41) is 0. The molecule has 1 heterocycles. The molecule has 1 aromatic carbocycles. The molecule has 0 atom stereocenters. The molecular formula is C11H8BI. The van der Waals surface area contributed by atoms with Crippen molar-refractivity contribution in [3.05, 3.63) is 52.0 Å². The molecule has 0 aliphatic heterocycles. The van der Waals surface area contributed by atoms with Crippen LogP contribution in [0, 0.1) is 3.57 Å². The van der Waals surface area contributed by atoms with Crippen LogP contribution in [0.25, 0.3) is 11.0 Å². The average molecular weight is 278 g/mol. The Morgan fingerprint density at radius 2 is 1.69 bits per heavy atom. The van der Waals surface area contributed by atoms with Crippen molar-refractivity contribution in [3.8, 4) is 11.0 Å². The SMILES string of the molecule is Ic1ccc(-c2bcccc2)cc1. The molecule has 0 unspecified atom stereocenters. The van der Waals surface area contributed by atoms with Gasteiger partial charge in [-0.05, 0) is 0 Å². The number of halogens is 1. The number of rotatable bonds is 1. The zero-order valence-electron chi connectivity index (χ0n) is 7.07. The zero-order valence-corrected chi connectivity index (χ0v) is 9.23. The topological polar surface area (TPSA) is 0 Å². The summed E-state index contributed by atoms with van der Waals surface area (Å²) in [7, 11) is 0. The summed E-state index contributed by atoms with van der Waals surface area (Å²) in [4.78, 5) is 0. The van der Waals surface area contributed by atoms with Crippen LogP contribution in [0.5, 0.6) is 0 Å². The number of benzene rings is 1. The summed E-state index contributed by atoms with van der Waals surface area (Å²) in [5.74, 6) is 2.06. The van der Waals surface area contributed by atoms with Crippen LogP contribution in [0.4, 0.5) is 0 Å². The van der Waals surface area contributed by atoms with Gasteiger partial charge in [-0.3, -0.25) is 0 Å². The second-order valence-corrected chi connectivity index (χ2v) is 4.12. The Labute approximate surface area is 92.3 Å². The molecule has 13 heavy (non-hydrogen) atoms. The fourth-order valence-corrected chi connectivity index (χ4v) is 1.63. The number of hydrogen-bond donors (Lipinski definition) is 0. The van der Waals surface area contributed by atoms with Gasteiger partial charge in [0.05, 0.1) is 0 Å². The first-order chi connectivity index (χ1) is 6.36. The maximum atomic E-state index is 2.32. The van der Waals surface area contributed by atoms with Crippen molar-refractivity contribution in [2.75, 3.05) is 0 Å². The first-order valence-corrected chi connectivity index (χ1v) is 5.25. The van der Waals surface area contributed by atoms with Crippen LogP contribution in [0.15, 0.2) is 48.4 Å². The maximum absolute atomic E-state index is 2.32. The second-order valence-electron chi connectivity index (χ2n) is 2.87. The molecule has 0 bridgehead atoms. The van der Waals surface area contributed by atoms with E-state index in [0.717, 1.165) is 0 Å². The van der Waals surface area contributed by atoms with Crippen molar-refractivity contribution in [2.45, 2.75) is 0 Å². The van der Waals surface area contributed by atoms with E-state index in [2.05, 4.69) is 71.9 Å². The van der Waals surface area contributed by atoms with Gasteiger partial charge in [0.25, 0.3) is 0 Å². The van der Waals surface area contributed by atoms with Gasteiger partial charge < -0.3 is 0 Å². The van der Waals surface area contributed by atoms with Crippen LogP contribution in [0.2, 0.25) is 0 Å². The predicted octanol–water partition coefficient (Wildman–Crippen LogP) is 3.30. The third-order valence-corrected chi connectivity index (χ3v) is 2.67. The van der Waals surface area contributed by atoms with Gasteiger partial charge in [-0.2, -0.15) is 0 Å². The van der Waals surface area contributed by atoms with Crippen LogP contribution in [0.1, 0.15) is 0 Å². The summed E-state index contributed by atoms with van der Waals surface area (Å²) >= 11 is 2.32. The molecule has 0 saturated heterocycles. The van der Waals surface area contributed by atoms with E-state index in [1.807, 2.05) is 6.07 Å². The minimum absolute atomic E-state index is 1.28. The Morgan fingerprint density at radius 3 is 2.31 bits per heavy atom. The third kappa shape index (κ3) is 2.18. The molecule has 0 amide bonds. The van der Waals surface area contributed by atoms with E-state index < -0.39 is 0 Å². The van der Waals surface area contributed by atoms with Crippen molar-refractivity contribution in [1.82, 2.24) is 0 Å². The Bertz CT molecular complexity index is 381. The first-order valence-electron chi connectivity index (χ1n) is 4.17. The van der Waals surface area contributed by atoms with Crippen molar-refractivity contribution >= 4 is 29.5 Å². The predicted molar refractivity (Wildman–Crippen MR) is 65.9 cm³/mol. The van der Waals surface area contributed by atoms with Crippen LogP contribution >= 0.6 is 22.6 Å². The van der Waals surface area contributed by atoms with Gasteiger partial charge in [-0.15, -0.1) is 0 Å². The van der Waals surface area contributed by atoms with Gasteiger partial charge in [0.15, 0.2) is 0 Å². The second kappa shape index (κ2) is 4.05. The van der Waals surface area contributed by atoms with E-state index in [4.69, 9.17) is 0 Å². The zero-order chi connectivity index (χ0) is 9.10. The minimum atomic E-state index is 1.28. The van der Waals surface area contributed by atoms with Gasteiger partial charge in [0.1, 0.15) is 0 Å². The van der Waals surface area contributed by atoms with E-state index in [1.165, 1.54) is 14.6 Å². The Hall–Kier alpha value is -0.635. The molecular weight excluding hydrogens is 270 g/mol. The van der Waals surface area contributed by atoms with E-state index in [-0.39, 0.29) is 0 Å². The molecule has 1 aromatic heterocycles. The molecule has 62 valence electrons. The Morgan fingerprint density at radius 1 is 0.923 bits per heavy atom. The van der Waals surface area contributed by atoms with Crippen LogP contribution in [-0.4, -0.2) is 6.91 Å². The van der Waals surface area contributed by atoms with E-state index >= 15 is 0 Å². The van der Waals surface area contributed by atoms with Crippen molar-refractivity contribution < 1.29 is 0 Å². The van der Waals surface area contributed by atoms with Crippen molar-refractivity contribution in [3.63, 3.8) is 0 Å². The van der Waals surface area contributed by atoms with Crippen LogP contribution in [0.3, 0.4) is 0 Å². The van der Waals surface area contributed by atoms with Gasteiger partial charge in [-0.25, -0.2) is 0 Å². The third-order valence-electron chi connectivity index (χ3n) is 1.95. The summed E-state index contributed by atoms with van der Waals surface area (Å²) < 4.78 is 1.28. The molecule has 2 heteroatoms. The van der Waals surface area contributed by atoms with Gasteiger partial charge >= 0.3 is 92.5 Å². The molecule has 0 aliphatic carbocycles. The normalized spacial score (nSPS) is 9.62. The molecule has 0 radical (unpaired) electrons. The first kappa shape index (κ1) is 8.94.